The molecule has 0 aliphatic rings. The number of aromatic hydroxyl groups is 1. The minimum atomic E-state index is -5.05. The van der Waals surface area contributed by atoms with Crippen LogP contribution >= 0.6 is 23.5 Å². The lowest BCUT2D eigenvalue weighted by molar-refractivity contribution is -0.276. The van der Waals surface area contributed by atoms with Crippen LogP contribution in [-0.4, -0.2) is 86.1 Å². The Morgan fingerprint density at radius 1 is 0.921 bits per heavy atom. The molecule has 0 fully saturated rings. The summed E-state index contributed by atoms with van der Waals surface area (Å²) < 4.78 is 104. The van der Waals surface area contributed by atoms with Gasteiger partial charge in [-0.2, -0.15) is 38.6 Å². The van der Waals surface area contributed by atoms with Crippen LogP contribution < -0.4 is 4.74 Å². The molecule has 0 saturated heterocycles. The number of Topliss-reactive ketones (excluding diaryl/α,β-unsaturated/α-hetero) is 1. The predicted octanol–water partition coefficient (Wildman–Crippen LogP) is 2.24. The number of ketones is 1. The standard InChI is InChI=1S/C18H21F3N4O9S4/c19-18(20,21)34-15-2-4-22-16(25-15)14(36-6-8-38(31,32)33)10-11(26)9-13(35-5-7-37(28,29)30)12-1-3-23-17(27)24-12/h1-4,13-14H,5-10H2,(H,23,24,27)(H,28,29,30)(H,31,32,33). The number of carbonyl (C=O) groups is 1. The number of halogens is 3. The summed E-state index contributed by atoms with van der Waals surface area (Å²) in [5.41, 5.74) is 0.165. The minimum Gasteiger partial charge on any atom is -0.479 e. The Morgan fingerprint density at radius 2 is 1.47 bits per heavy atom. The van der Waals surface area contributed by atoms with Crippen molar-refractivity contribution in [2.75, 3.05) is 23.0 Å². The molecule has 0 saturated carbocycles. The van der Waals surface area contributed by atoms with Crippen LogP contribution in [0.3, 0.4) is 0 Å². The fourth-order valence-electron chi connectivity index (χ4n) is 2.79. The van der Waals surface area contributed by atoms with Crippen molar-refractivity contribution in [1.82, 2.24) is 19.9 Å². The second-order valence-corrected chi connectivity index (χ2v) is 13.1. The van der Waals surface area contributed by atoms with E-state index in [1.165, 1.54) is 12.3 Å². The zero-order chi connectivity index (χ0) is 28.6. The Kier molecular flexibility index (Phi) is 11.5. The van der Waals surface area contributed by atoms with Gasteiger partial charge in [-0.3, -0.25) is 13.9 Å². The summed E-state index contributed by atoms with van der Waals surface area (Å²) in [5, 5.41) is 7.71. The fourth-order valence-corrected chi connectivity index (χ4v) is 6.99. The van der Waals surface area contributed by atoms with Gasteiger partial charge in [-0.25, -0.2) is 9.97 Å². The molecule has 2 aromatic heterocycles. The van der Waals surface area contributed by atoms with Crippen molar-refractivity contribution in [3.8, 4) is 11.9 Å². The number of carbonyl (C=O) groups excluding carboxylic acids is 1. The van der Waals surface area contributed by atoms with Gasteiger partial charge in [-0.1, -0.05) is 0 Å². The molecule has 2 aromatic rings. The smallest absolute Gasteiger partial charge is 0.479 e. The van der Waals surface area contributed by atoms with Crippen LogP contribution in [0.5, 0.6) is 11.9 Å². The number of rotatable bonds is 15. The van der Waals surface area contributed by atoms with Gasteiger partial charge in [-0.05, 0) is 6.07 Å². The van der Waals surface area contributed by atoms with Crippen molar-refractivity contribution in [1.29, 1.82) is 0 Å². The van der Waals surface area contributed by atoms with E-state index in [-0.39, 0.29) is 29.4 Å². The fraction of sp³-hybridized carbons (Fsp3) is 0.500. The first-order valence-electron chi connectivity index (χ1n) is 10.3. The average Bonchev–Trinajstić information content (AvgIpc) is 2.75. The van der Waals surface area contributed by atoms with E-state index in [1.807, 2.05) is 0 Å². The summed E-state index contributed by atoms with van der Waals surface area (Å²) in [6.07, 6.45) is -3.60. The highest BCUT2D eigenvalue weighted by Crippen LogP contribution is 2.36. The Morgan fingerprint density at radius 3 is 2.03 bits per heavy atom. The molecule has 0 radical (unpaired) electrons. The number of aromatic nitrogens is 4. The summed E-state index contributed by atoms with van der Waals surface area (Å²) in [6, 6.07) is 1.60. The Labute approximate surface area is 223 Å². The number of hydrogen-bond acceptors (Lipinski definition) is 13. The first-order valence-corrected chi connectivity index (χ1v) is 15.6. The van der Waals surface area contributed by atoms with Crippen molar-refractivity contribution in [3.05, 3.63) is 36.0 Å². The average molecular weight is 623 g/mol. The van der Waals surface area contributed by atoms with E-state index in [4.69, 9.17) is 9.11 Å². The summed E-state index contributed by atoms with van der Waals surface area (Å²) in [6.45, 7) is 0. The van der Waals surface area contributed by atoms with E-state index in [1.54, 1.807) is 0 Å². The Balaban J connectivity index is 2.25. The first-order chi connectivity index (χ1) is 17.5. The van der Waals surface area contributed by atoms with Gasteiger partial charge in [0.15, 0.2) is 0 Å². The van der Waals surface area contributed by atoms with Gasteiger partial charge in [0.2, 0.25) is 5.88 Å². The third kappa shape index (κ3) is 13.0. The van der Waals surface area contributed by atoms with Gasteiger partial charge in [0.05, 0.1) is 27.7 Å². The molecule has 20 heteroatoms. The van der Waals surface area contributed by atoms with Gasteiger partial charge in [0.1, 0.15) is 11.6 Å². The van der Waals surface area contributed by atoms with Crippen LogP contribution in [0.2, 0.25) is 0 Å². The third-order valence-corrected chi connectivity index (χ3v) is 8.72. The van der Waals surface area contributed by atoms with Crippen LogP contribution in [0, 0.1) is 0 Å². The van der Waals surface area contributed by atoms with Gasteiger partial charge in [0, 0.05) is 42.8 Å². The number of nitrogens with zero attached hydrogens (tertiary/aromatic N) is 4. The highest BCUT2D eigenvalue weighted by Gasteiger charge is 2.32. The second-order valence-electron chi connectivity index (χ2n) is 7.32. The topological polar surface area (TPSA) is 207 Å². The monoisotopic (exact) mass is 622 g/mol. The zero-order valence-electron chi connectivity index (χ0n) is 19.1. The van der Waals surface area contributed by atoms with E-state index in [0.717, 1.165) is 35.8 Å². The van der Waals surface area contributed by atoms with E-state index < -0.39 is 72.7 Å². The van der Waals surface area contributed by atoms with E-state index in [0.29, 0.717) is 0 Å². The lowest BCUT2D eigenvalue weighted by Gasteiger charge is -2.18. The van der Waals surface area contributed by atoms with E-state index in [2.05, 4.69) is 24.7 Å². The zero-order valence-corrected chi connectivity index (χ0v) is 22.3. The molecule has 13 nitrogen and oxygen atoms in total. The van der Waals surface area contributed by atoms with Gasteiger partial charge >= 0.3 is 12.4 Å². The van der Waals surface area contributed by atoms with Crippen LogP contribution in [0.25, 0.3) is 0 Å². The molecule has 0 bridgehead atoms. The summed E-state index contributed by atoms with van der Waals surface area (Å²) in [4.78, 5) is 27.9. The van der Waals surface area contributed by atoms with Crippen LogP contribution in [0.1, 0.15) is 34.9 Å². The predicted molar refractivity (Wildman–Crippen MR) is 130 cm³/mol. The van der Waals surface area contributed by atoms with Crippen molar-refractivity contribution < 1.29 is 53.8 Å². The maximum Gasteiger partial charge on any atom is 0.574 e. The van der Waals surface area contributed by atoms with E-state index in [9.17, 15) is 39.9 Å². The summed E-state index contributed by atoms with van der Waals surface area (Å²) >= 11 is 1.73. The highest BCUT2D eigenvalue weighted by molar-refractivity contribution is 8.00. The molecule has 0 aromatic carbocycles. The number of hydrogen-bond donors (Lipinski definition) is 3. The van der Waals surface area contributed by atoms with Crippen molar-refractivity contribution in [2.24, 2.45) is 0 Å². The Bertz CT molecular complexity index is 1310. The molecule has 212 valence electrons. The van der Waals surface area contributed by atoms with Crippen molar-refractivity contribution >= 4 is 49.5 Å². The lowest BCUT2D eigenvalue weighted by atomic mass is 10.1. The van der Waals surface area contributed by atoms with Crippen LogP contribution in [-0.2, 0) is 25.0 Å². The second kappa shape index (κ2) is 13.7. The quantitative estimate of drug-likeness (QED) is 0.243. The summed E-state index contributed by atoms with van der Waals surface area (Å²) in [7, 11) is -8.68. The summed E-state index contributed by atoms with van der Waals surface area (Å²) in [5.74, 6) is -3.39. The normalized spacial score (nSPS) is 14.1. The molecule has 0 spiro atoms. The molecular formula is C18H21F3N4O9S4. The lowest BCUT2D eigenvalue weighted by Crippen LogP contribution is -2.19. The van der Waals surface area contributed by atoms with Crippen molar-refractivity contribution in [2.45, 2.75) is 29.7 Å². The third-order valence-electron chi connectivity index (χ3n) is 4.30. The maximum absolute atomic E-state index is 13.0. The SMILES string of the molecule is O=C(CC(SCCS(=O)(=O)O)c1ccnc(O)n1)CC(SCCS(=O)(=O)O)c1nccc(OC(F)(F)F)n1. The Hall–Kier alpha value is -2.26. The molecule has 2 unspecified atom stereocenters. The molecule has 2 rings (SSSR count). The minimum absolute atomic E-state index is 0.145. The molecule has 2 atom stereocenters. The molecule has 2 heterocycles. The van der Waals surface area contributed by atoms with Gasteiger partial charge < -0.3 is 9.84 Å². The van der Waals surface area contributed by atoms with Gasteiger partial charge in [0.25, 0.3) is 20.2 Å². The molecule has 38 heavy (non-hydrogen) atoms. The number of alkyl halides is 3. The molecular weight excluding hydrogens is 601 g/mol. The van der Waals surface area contributed by atoms with Crippen LogP contribution in [0.4, 0.5) is 13.2 Å². The molecule has 3 N–H and O–H groups in total. The van der Waals surface area contributed by atoms with Crippen LogP contribution in [0.15, 0.2) is 24.5 Å². The largest absolute Gasteiger partial charge is 0.574 e. The molecule has 0 aliphatic heterocycles. The maximum atomic E-state index is 13.0. The van der Waals surface area contributed by atoms with E-state index >= 15 is 0 Å². The van der Waals surface area contributed by atoms with Crippen molar-refractivity contribution in [3.63, 3.8) is 0 Å². The highest BCUT2D eigenvalue weighted by atomic mass is 32.2. The first kappa shape index (κ1) is 32.0. The molecule has 0 aliphatic carbocycles. The molecule has 0 amide bonds. The number of ether oxygens (including phenoxy) is 1. The van der Waals surface area contributed by atoms with Gasteiger partial charge in [-0.15, -0.1) is 24.9 Å². The number of thioether (sulfide) groups is 2.